The first kappa shape index (κ1) is 14.7. The van der Waals surface area contributed by atoms with Gasteiger partial charge in [-0.15, -0.1) is 13.2 Å². The number of piperidine rings is 1. The Balaban J connectivity index is 1.87. The van der Waals surface area contributed by atoms with Crippen LogP contribution in [-0.2, 0) is 6.54 Å². The van der Waals surface area contributed by atoms with Gasteiger partial charge in [0.15, 0.2) is 0 Å². The number of hydrogen-bond acceptors (Lipinski definition) is 3. The average molecular weight is 284 g/mol. The molecular formula is C14H15F3N2O. The number of benzene rings is 1. The highest BCUT2D eigenvalue weighted by Crippen LogP contribution is 2.24. The number of halogens is 3. The van der Waals surface area contributed by atoms with Gasteiger partial charge in [0.05, 0.1) is 6.07 Å². The van der Waals surface area contributed by atoms with Crippen molar-refractivity contribution in [1.82, 2.24) is 4.90 Å². The monoisotopic (exact) mass is 284 g/mol. The van der Waals surface area contributed by atoms with Gasteiger partial charge in [0.2, 0.25) is 0 Å². The van der Waals surface area contributed by atoms with Crippen molar-refractivity contribution in [3.63, 3.8) is 0 Å². The minimum atomic E-state index is -4.65. The number of rotatable bonds is 3. The van der Waals surface area contributed by atoms with Crippen LogP contribution in [0.3, 0.4) is 0 Å². The highest BCUT2D eigenvalue weighted by atomic mass is 19.4. The van der Waals surface area contributed by atoms with E-state index in [1.807, 2.05) is 0 Å². The molecule has 1 saturated heterocycles. The smallest absolute Gasteiger partial charge is 0.406 e. The van der Waals surface area contributed by atoms with Crippen LogP contribution in [0.4, 0.5) is 13.2 Å². The maximum atomic E-state index is 12.0. The lowest BCUT2D eigenvalue weighted by molar-refractivity contribution is -0.274. The summed E-state index contributed by atoms with van der Waals surface area (Å²) in [5, 5.41) is 8.82. The predicted molar refractivity (Wildman–Crippen MR) is 66.7 cm³/mol. The first-order chi connectivity index (χ1) is 9.46. The van der Waals surface area contributed by atoms with Crippen molar-refractivity contribution in [3.05, 3.63) is 29.8 Å². The van der Waals surface area contributed by atoms with Gasteiger partial charge >= 0.3 is 6.36 Å². The number of nitriles is 1. The lowest BCUT2D eigenvalue weighted by Gasteiger charge is -2.29. The molecule has 1 aromatic rings. The Labute approximate surface area is 115 Å². The van der Waals surface area contributed by atoms with Crippen LogP contribution >= 0.6 is 0 Å². The minimum Gasteiger partial charge on any atom is -0.406 e. The molecule has 1 heterocycles. The summed E-state index contributed by atoms with van der Waals surface area (Å²) in [5.41, 5.74) is 0.940. The van der Waals surface area contributed by atoms with E-state index in [2.05, 4.69) is 15.7 Å². The first-order valence-corrected chi connectivity index (χ1v) is 6.43. The van der Waals surface area contributed by atoms with Gasteiger partial charge in [-0.05, 0) is 43.6 Å². The third kappa shape index (κ3) is 4.42. The fourth-order valence-electron chi connectivity index (χ4n) is 2.27. The highest BCUT2D eigenvalue weighted by molar-refractivity contribution is 5.27. The average Bonchev–Trinajstić information content (AvgIpc) is 2.40. The first-order valence-electron chi connectivity index (χ1n) is 6.43. The van der Waals surface area contributed by atoms with Crippen LogP contribution in [-0.4, -0.2) is 24.4 Å². The highest BCUT2D eigenvalue weighted by Gasteiger charge is 2.31. The zero-order valence-corrected chi connectivity index (χ0v) is 10.9. The Hall–Kier alpha value is -1.74. The van der Waals surface area contributed by atoms with Crippen molar-refractivity contribution < 1.29 is 17.9 Å². The van der Waals surface area contributed by atoms with E-state index >= 15 is 0 Å². The van der Waals surface area contributed by atoms with E-state index in [9.17, 15) is 13.2 Å². The van der Waals surface area contributed by atoms with E-state index < -0.39 is 6.36 Å². The molecule has 1 aliphatic heterocycles. The molecule has 1 fully saturated rings. The molecule has 2 rings (SSSR count). The zero-order chi connectivity index (χ0) is 14.6. The van der Waals surface area contributed by atoms with Crippen molar-refractivity contribution in [2.45, 2.75) is 25.7 Å². The van der Waals surface area contributed by atoms with Crippen molar-refractivity contribution in [2.75, 3.05) is 13.1 Å². The standard InChI is InChI=1S/C14H15F3N2O/c15-14(16,17)20-13-3-1-12(2-4-13)10-19-7-5-11(9-18)6-8-19/h1-4,11H,5-8,10H2. The van der Waals surface area contributed by atoms with Crippen LogP contribution in [0.5, 0.6) is 5.75 Å². The SMILES string of the molecule is N#CC1CCN(Cc2ccc(OC(F)(F)F)cc2)CC1. The van der Waals surface area contributed by atoms with E-state index in [0.29, 0.717) is 6.54 Å². The summed E-state index contributed by atoms with van der Waals surface area (Å²) in [7, 11) is 0. The molecule has 0 bridgehead atoms. The number of ether oxygens (including phenoxy) is 1. The summed E-state index contributed by atoms with van der Waals surface area (Å²) in [6.45, 7) is 2.38. The Kier molecular flexibility index (Phi) is 4.50. The van der Waals surface area contributed by atoms with Crippen LogP contribution in [0, 0.1) is 17.2 Å². The molecule has 20 heavy (non-hydrogen) atoms. The minimum absolute atomic E-state index is 0.133. The van der Waals surface area contributed by atoms with Crippen molar-refractivity contribution in [1.29, 1.82) is 5.26 Å². The summed E-state index contributed by atoms with van der Waals surface area (Å²) in [5.74, 6) is -0.0711. The fraction of sp³-hybridized carbons (Fsp3) is 0.500. The summed E-state index contributed by atoms with van der Waals surface area (Å²) >= 11 is 0. The molecule has 3 nitrogen and oxygen atoms in total. The van der Waals surface area contributed by atoms with E-state index in [-0.39, 0.29) is 11.7 Å². The van der Waals surface area contributed by atoms with Crippen molar-refractivity contribution >= 4 is 0 Å². The topological polar surface area (TPSA) is 36.3 Å². The molecule has 0 aromatic heterocycles. The maximum absolute atomic E-state index is 12.0. The lowest BCUT2D eigenvalue weighted by atomic mass is 9.98. The molecule has 0 saturated carbocycles. The fourth-order valence-corrected chi connectivity index (χ4v) is 2.27. The lowest BCUT2D eigenvalue weighted by Crippen LogP contribution is -2.32. The maximum Gasteiger partial charge on any atom is 0.573 e. The zero-order valence-electron chi connectivity index (χ0n) is 10.9. The van der Waals surface area contributed by atoms with E-state index in [4.69, 9.17) is 5.26 Å². The molecule has 0 radical (unpaired) electrons. The van der Waals surface area contributed by atoms with E-state index in [1.165, 1.54) is 12.1 Å². The molecule has 0 atom stereocenters. The summed E-state index contributed by atoms with van der Waals surface area (Å²) in [6, 6.07) is 8.19. The molecule has 1 aliphatic rings. The Morgan fingerprint density at radius 1 is 1.20 bits per heavy atom. The molecule has 1 aromatic carbocycles. The molecule has 0 amide bonds. The number of nitrogens with zero attached hydrogens (tertiary/aromatic N) is 2. The predicted octanol–water partition coefficient (Wildman–Crippen LogP) is 3.32. The van der Waals surface area contributed by atoms with Crippen LogP contribution in [0.15, 0.2) is 24.3 Å². The number of alkyl halides is 3. The van der Waals surface area contributed by atoms with Gasteiger partial charge in [-0.1, -0.05) is 12.1 Å². The largest absolute Gasteiger partial charge is 0.573 e. The number of likely N-dealkylation sites (tertiary alicyclic amines) is 1. The van der Waals surface area contributed by atoms with Crippen LogP contribution < -0.4 is 4.74 Å². The van der Waals surface area contributed by atoms with Crippen molar-refractivity contribution in [3.8, 4) is 11.8 Å². The molecule has 6 heteroatoms. The quantitative estimate of drug-likeness (QED) is 0.854. The van der Waals surface area contributed by atoms with Gasteiger partial charge in [0.1, 0.15) is 5.75 Å². The molecule has 0 unspecified atom stereocenters. The van der Waals surface area contributed by atoms with Crippen molar-refractivity contribution in [2.24, 2.45) is 5.92 Å². The van der Waals surface area contributed by atoms with Crippen LogP contribution in [0.1, 0.15) is 18.4 Å². The molecule has 0 N–H and O–H groups in total. The Bertz CT molecular complexity index is 471. The van der Waals surface area contributed by atoms with Crippen LogP contribution in [0.2, 0.25) is 0 Å². The van der Waals surface area contributed by atoms with Crippen LogP contribution in [0.25, 0.3) is 0 Å². The Morgan fingerprint density at radius 3 is 2.30 bits per heavy atom. The van der Waals surface area contributed by atoms with Gasteiger partial charge < -0.3 is 4.74 Å². The van der Waals surface area contributed by atoms with E-state index in [0.717, 1.165) is 31.5 Å². The second-order valence-corrected chi connectivity index (χ2v) is 4.87. The second-order valence-electron chi connectivity index (χ2n) is 4.87. The van der Waals surface area contributed by atoms with E-state index in [1.54, 1.807) is 12.1 Å². The third-order valence-electron chi connectivity index (χ3n) is 3.33. The molecule has 0 spiro atoms. The van der Waals surface area contributed by atoms with Gasteiger partial charge in [0, 0.05) is 12.5 Å². The van der Waals surface area contributed by atoms with Gasteiger partial charge in [-0.3, -0.25) is 4.90 Å². The van der Waals surface area contributed by atoms with Gasteiger partial charge in [0.25, 0.3) is 0 Å². The Morgan fingerprint density at radius 2 is 1.80 bits per heavy atom. The summed E-state index contributed by atoms with van der Waals surface area (Å²) in [6.07, 6.45) is -2.95. The summed E-state index contributed by atoms with van der Waals surface area (Å²) in [4.78, 5) is 2.20. The second kappa shape index (κ2) is 6.14. The summed E-state index contributed by atoms with van der Waals surface area (Å²) < 4.78 is 39.9. The van der Waals surface area contributed by atoms with Gasteiger partial charge in [-0.25, -0.2) is 0 Å². The molecule has 0 aliphatic carbocycles. The number of hydrogen-bond donors (Lipinski definition) is 0. The third-order valence-corrected chi connectivity index (χ3v) is 3.33. The van der Waals surface area contributed by atoms with Gasteiger partial charge in [-0.2, -0.15) is 5.26 Å². The molecule has 108 valence electrons. The molecular weight excluding hydrogens is 269 g/mol. The normalized spacial score (nSPS) is 17.7.